The molecule has 3 heteroatoms. The van der Waals surface area contributed by atoms with E-state index in [1.54, 1.807) is 11.3 Å². The van der Waals surface area contributed by atoms with Crippen molar-refractivity contribution in [2.24, 2.45) is 0 Å². The lowest BCUT2D eigenvalue weighted by Crippen LogP contribution is -2.51. The second-order valence-corrected chi connectivity index (χ2v) is 6.77. The van der Waals surface area contributed by atoms with Crippen molar-refractivity contribution in [2.45, 2.75) is 50.3 Å². The molecule has 0 amide bonds. The van der Waals surface area contributed by atoms with Gasteiger partial charge in [-0.1, -0.05) is 6.42 Å². The minimum atomic E-state index is 0.397. The normalized spacial score (nSPS) is 30.4. The first-order chi connectivity index (χ1) is 9.37. The predicted octanol–water partition coefficient (Wildman–Crippen LogP) is 3.95. The summed E-state index contributed by atoms with van der Waals surface area (Å²) >= 11 is 1.79. The molecule has 100 valence electrons. The maximum atomic E-state index is 6.24. The van der Waals surface area contributed by atoms with Crippen LogP contribution in [0.2, 0.25) is 0 Å². The largest absolute Gasteiger partial charge is 0.490 e. The van der Waals surface area contributed by atoms with Gasteiger partial charge in [0.1, 0.15) is 11.9 Å². The summed E-state index contributed by atoms with van der Waals surface area (Å²) in [4.78, 5) is 0. The highest BCUT2D eigenvalue weighted by molar-refractivity contribution is 7.17. The Morgan fingerprint density at radius 1 is 1.11 bits per heavy atom. The monoisotopic (exact) mass is 273 g/mol. The highest BCUT2D eigenvalue weighted by atomic mass is 32.1. The first kappa shape index (κ1) is 11.7. The number of fused-ring (bicyclic) bond motifs is 3. The van der Waals surface area contributed by atoms with E-state index in [-0.39, 0.29) is 0 Å². The molecule has 2 aromatic rings. The van der Waals surface area contributed by atoms with E-state index in [2.05, 4.69) is 35.0 Å². The highest BCUT2D eigenvalue weighted by Crippen LogP contribution is 2.31. The summed E-state index contributed by atoms with van der Waals surface area (Å²) in [5.41, 5.74) is 0. The number of piperidine rings is 2. The van der Waals surface area contributed by atoms with Crippen LogP contribution < -0.4 is 10.1 Å². The fraction of sp³-hybridized carbons (Fsp3) is 0.500. The Labute approximate surface area is 117 Å². The number of thiophene rings is 1. The third-order valence-electron chi connectivity index (χ3n) is 4.40. The van der Waals surface area contributed by atoms with Gasteiger partial charge in [0.05, 0.1) is 0 Å². The summed E-state index contributed by atoms with van der Waals surface area (Å²) in [6, 6.07) is 10.0. The second kappa shape index (κ2) is 4.80. The molecule has 2 fully saturated rings. The molecular weight excluding hydrogens is 254 g/mol. The third-order valence-corrected chi connectivity index (χ3v) is 5.28. The van der Waals surface area contributed by atoms with Crippen LogP contribution in [0.15, 0.2) is 29.6 Å². The molecule has 1 N–H and O–H groups in total. The standard InChI is InChI=1S/C16H19NOS/c1-2-12-8-15(9-13(3-1)17-12)18-14-5-4-11-6-7-19-16(11)10-14/h4-7,10,12-13,15,17H,1-3,8-9H2/t12-,13+,15-. The molecule has 2 nitrogen and oxygen atoms in total. The van der Waals surface area contributed by atoms with Gasteiger partial charge in [-0.2, -0.15) is 0 Å². The van der Waals surface area contributed by atoms with Crippen LogP contribution in [0.1, 0.15) is 32.1 Å². The van der Waals surface area contributed by atoms with Crippen molar-refractivity contribution < 1.29 is 4.74 Å². The van der Waals surface area contributed by atoms with Crippen LogP contribution in [-0.2, 0) is 0 Å². The van der Waals surface area contributed by atoms with E-state index < -0.39 is 0 Å². The average Bonchev–Trinajstić information content (AvgIpc) is 2.85. The minimum absolute atomic E-state index is 0.397. The lowest BCUT2D eigenvalue weighted by Gasteiger charge is -2.40. The summed E-state index contributed by atoms with van der Waals surface area (Å²) in [6.45, 7) is 0. The van der Waals surface area contributed by atoms with Crippen LogP contribution in [0, 0.1) is 0 Å². The van der Waals surface area contributed by atoms with Gasteiger partial charge < -0.3 is 10.1 Å². The van der Waals surface area contributed by atoms with Crippen LogP contribution >= 0.6 is 11.3 Å². The van der Waals surface area contributed by atoms with Crippen molar-refractivity contribution in [3.63, 3.8) is 0 Å². The first-order valence-electron chi connectivity index (χ1n) is 7.27. The van der Waals surface area contributed by atoms with E-state index in [9.17, 15) is 0 Å². The fourth-order valence-corrected chi connectivity index (χ4v) is 4.33. The number of benzene rings is 1. The predicted molar refractivity (Wildman–Crippen MR) is 80.0 cm³/mol. The molecule has 0 saturated carbocycles. The molecule has 1 aromatic heterocycles. The molecule has 0 unspecified atom stereocenters. The van der Waals surface area contributed by atoms with Crippen LogP contribution in [0.25, 0.3) is 10.1 Å². The minimum Gasteiger partial charge on any atom is -0.490 e. The molecule has 19 heavy (non-hydrogen) atoms. The zero-order valence-electron chi connectivity index (χ0n) is 11.0. The summed E-state index contributed by atoms with van der Waals surface area (Å²) in [5.74, 6) is 1.04. The van der Waals surface area contributed by atoms with Crippen molar-refractivity contribution in [1.29, 1.82) is 0 Å². The lowest BCUT2D eigenvalue weighted by molar-refractivity contribution is 0.0928. The van der Waals surface area contributed by atoms with E-state index in [1.807, 2.05) is 0 Å². The van der Waals surface area contributed by atoms with E-state index in [1.165, 1.54) is 42.2 Å². The first-order valence-corrected chi connectivity index (χ1v) is 8.15. The number of ether oxygens (including phenoxy) is 1. The van der Waals surface area contributed by atoms with Gasteiger partial charge in [0.25, 0.3) is 0 Å². The van der Waals surface area contributed by atoms with Crippen LogP contribution in [0.3, 0.4) is 0 Å². The van der Waals surface area contributed by atoms with Gasteiger partial charge in [-0.15, -0.1) is 11.3 Å². The smallest absolute Gasteiger partial charge is 0.121 e. The zero-order valence-corrected chi connectivity index (χ0v) is 11.8. The average molecular weight is 273 g/mol. The van der Waals surface area contributed by atoms with Gasteiger partial charge in [0.2, 0.25) is 0 Å². The zero-order chi connectivity index (χ0) is 12.7. The maximum absolute atomic E-state index is 6.24. The Bertz CT molecular complexity index is 567. The summed E-state index contributed by atoms with van der Waals surface area (Å²) in [7, 11) is 0. The number of hydrogen-bond acceptors (Lipinski definition) is 3. The maximum Gasteiger partial charge on any atom is 0.121 e. The number of rotatable bonds is 2. The molecular formula is C16H19NOS. The fourth-order valence-electron chi connectivity index (χ4n) is 3.51. The molecule has 1 aromatic carbocycles. The molecule has 2 bridgehead atoms. The van der Waals surface area contributed by atoms with E-state index >= 15 is 0 Å². The Morgan fingerprint density at radius 3 is 2.79 bits per heavy atom. The van der Waals surface area contributed by atoms with E-state index in [0.717, 1.165) is 5.75 Å². The Balaban J connectivity index is 1.51. The Morgan fingerprint density at radius 2 is 1.95 bits per heavy atom. The summed E-state index contributed by atoms with van der Waals surface area (Å²) < 4.78 is 7.56. The van der Waals surface area contributed by atoms with Gasteiger partial charge in [0.15, 0.2) is 0 Å². The Kier molecular flexibility index (Phi) is 2.97. The number of nitrogens with one attached hydrogen (secondary N) is 1. The van der Waals surface area contributed by atoms with Gasteiger partial charge in [-0.3, -0.25) is 0 Å². The van der Waals surface area contributed by atoms with Crippen molar-refractivity contribution in [1.82, 2.24) is 5.32 Å². The second-order valence-electron chi connectivity index (χ2n) is 5.82. The SMILES string of the molecule is c1cc2ccc(O[C@@H]3C[C@H]4CCC[C@@H](C3)N4)cc2s1. The highest BCUT2D eigenvalue weighted by Gasteiger charge is 2.32. The van der Waals surface area contributed by atoms with Crippen molar-refractivity contribution >= 4 is 21.4 Å². The quantitative estimate of drug-likeness (QED) is 0.894. The van der Waals surface area contributed by atoms with Gasteiger partial charge in [-0.25, -0.2) is 0 Å². The summed E-state index contributed by atoms with van der Waals surface area (Å²) in [5, 5.41) is 7.18. The van der Waals surface area contributed by atoms with Crippen LogP contribution in [-0.4, -0.2) is 18.2 Å². The molecule has 2 aliphatic rings. The molecule has 0 aliphatic carbocycles. The molecule has 3 heterocycles. The van der Waals surface area contributed by atoms with Gasteiger partial charge in [-0.05, 0) is 60.7 Å². The van der Waals surface area contributed by atoms with E-state index in [4.69, 9.17) is 4.74 Å². The topological polar surface area (TPSA) is 21.3 Å². The van der Waals surface area contributed by atoms with Gasteiger partial charge in [0, 0.05) is 16.8 Å². The molecule has 0 spiro atoms. The van der Waals surface area contributed by atoms with Crippen LogP contribution in [0.4, 0.5) is 0 Å². The molecule has 0 radical (unpaired) electrons. The van der Waals surface area contributed by atoms with Crippen molar-refractivity contribution in [3.8, 4) is 5.75 Å². The van der Waals surface area contributed by atoms with Crippen LogP contribution in [0.5, 0.6) is 5.75 Å². The molecule has 4 rings (SSSR count). The van der Waals surface area contributed by atoms with Crippen molar-refractivity contribution in [3.05, 3.63) is 29.6 Å². The van der Waals surface area contributed by atoms with E-state index in [0.29, 0.717) is 18.2 Å². The molecule has 2 saturated heterocycles. The molecule has 3 atom stereocenters. The van der Waals surface area contributed by atoms with Gasteiger partial charge >= 0.3 is 0 Å². The molecule has 2 aliphatic heterocycles. The Hall–Kier alpha value is -1.06. The third kappa shape index (κ3) is 2.37. The van der Waals surface area contributed by atoms with Crippen molar-refractivity contribution in [2.75, 3.05) is 0 Å². The number of hydrogen-bond donors (Lipinski definition) is 1. The lowest BCUT2D eigenvalue weighted by atomic mass is 9.85. The summed E-state index contributed by atoms with van der Waals surface area (Å²) in [6.07, 6.45) is 6.75.